The Bertz CT molecular complexity index is 1390. The van der Waals surface area contributed by atoms with Crippen molar-refractivity contribution in [2.24, 2.45) is 0 Å². The molecule has 0 spiro atoms. The van der Waals surface area contributed by atoms with E-state index >= 15 is 0 Å². The highest BCUT2D eigenvalue weighted by molar-refractivity contribution is 7.92. The van der Waals surface area contributed by atoms with Gasteiger partial charge in [0.1, 0.15) is 0 Å². The maximum absolute atomic E-state index is 13.5. The van der Waals surface area contributed by atoms with Crippen LogP contribution < -0.4 is 4.31 Å². The number of nitrogens with zero attached hydrogens (tertiary/aromatic N) is 1. The predicted molar refractivity (Wildman–Crippen MR) is 131 cm³/mol. The molecule has 1 aliphatic rings. The van der Waals surface area contributed by atoms with E-state index in [1.165, 1.54) is 28.6 Å². The number of para-hydroxylation sites is 1. The molecule has 0 aliphatic carbocycles. The predicted octanol–water partition coefficient (Wildman–Crippen LogP) is 4.79. The second-order valence-electron chi connectivity index (χ2n) is 8.76. The van der Waals surface area contributed by atoms with Crippen LogP contribution in [0.4, 0.5) is 5.69 Å². The molecule has 0 saturated heterocycles. The van der Waals surface area contributed by atoms with Gasteiger partial charge in [-0.15, -0.1) is 0 Å². The van der Waals surface area contributed by atoms with E-state index in [1.54, 1.807) is 18.2 Å². The van der Waals surface area contributed by atoms with Gasteiger partial charge in [0.25, 0.3) is 10.0 Å². The molecule has 0 radical (unpaired) electrons. The van der Waals surface area contributed by atoms with Gasteiger partial charge in [-0.2, -0.15) is 0 Å². The molecule has 1 aliphatic heterocycles. The van der Waals surface area contributed by atoms with Crippen LogP contribution >= 0.6 is 0 Å². The first-order valence-corrected chi connectivity index (χ1v) is 12.5. The zero-order valence-corrected chi connectivity index (χ0v) is 20.5. The third-order valence-corrected chi connectivity index (χ3v) is 8.17. The lowest BCUT2D eigenvalue weighted by molar-refractivity contribution is 0.0474. The highest BCUT2D eigenvalue weighted by atomic mass is 32.2. The number of esters is 1. The van der Waals surface area contributed by atoms with Gasteiger partial charge in [-0.1, -0.05) is 30.3 Å². The van der Waals surface area contributed by atoms with E-state index in [0.29, 0.717) is 17.7 Å². The summed E-state index contributed by atoms with van der Waals surface area (Å²) in [6, 6.07) is 16.6. The fourth-order valence-electron chi connectivity index (χ4n) is 4.35. The fourth-order valence-corrected chi connectivity index (χ4v) is 6.09. The van der Waals surface area contributed by atoms with Crippen LogP contribution in [0.15, 0.2) is 65.6 Å². The summed E-state index contributed by atoms with van der Waals surface area (Å²) in [4.78, 5) is 25.3. The van der Waals surface area contributed by atoms with Gasteiger partial charge in [0.2, 0.25) is 5.78 Å². The number of carbonyl (C=O) groups is 2. The summed E-state index contributed by atoms with van der Waals surface area (Å²) in [5.74, 6) is -1.05. The molecule has 0 saturated carbocycles. The Hall–Kier alpha value is -3.45. The average molecular weight is 478 g/mol. The molecule has 7 heteroatoms. The molecule has 3 aromatic carbocycles. The number of ketones is 1. The molecule has 1 atom stereocenters. The number of ether oxygens (including phenoxy) is 1. The number of benzene rings is 3. The van der Waals surface area contributed by atoms with Gasteiger partial charge in [-0.3, -0.25) is 9.10 Å². The molecule has 0 fully saturated rings. The molecule has 0 N–H and O–H groups in total. The van der Waals surface area contributed by atoms with Crippen molar-refractivity contribution in [2.45, 2.75) is 45.1 Å². The van der Waals surface area contributed by atoms with E-state index < -0.39 is 22.6 Å². The maximum atomic E-state index is 13.5. The smallest absolute Gasteiger partial charge is 0.338 e. The second-order valence-corrected chi connectivity index (χ2v) is 10.6. The standard InChI is InChI=1S/C27H27NO5S/c1-17-12-19(3)24(13-18(17)2)26(29)16-33-27(30)22-9-7-10-23(15-22)34(31,32)28-20(4)14-21-8-5-6-11-25(21)28/h5-13,15,20H,14,16H2,1-4H3/t20-/m1/s1. The van der Waals surface area contributed by atoms with E-state index in [1.807, 2.05) is 45.9 Å². The summed E-state index contributed by atoms with van der Waals surface area (Å²) in [5, 5.41) is 0. The second kappa shape index (κ2) is 9.06. The Morgan fingerprint density at radius 1 is 0.941 bits per heavy atom. The van der Waals surface area contributed by atoms with Crippen molar-refractivity contribution in [1.82, 2.24) is 0 Å². The first-order chi connectivity index (χ1) is 16.1. The minimum absolute atomic E-state index is 0.00170. The Morgan fingerprint density at radius 2 is 1.65 bits per heavy atom. The molecule has 34 heavy (non-hydrogen) atoms. The minimum Gasteiger partial charge on any atom is -0.454 e. The molecule has 0 unspecified atom stereocenters. The number of rotatable bonds is 6. The van der Waals surface area contributed by atoms with Crippen molar-refractivity contribution < 1.29 is 22.7 Å². The lowest BCUT2D eigenvalue weighted by Crippen LogP contribution is -2.35. The molecule has 6 nitrogen and oxygen atoms in total. The minimum atomic E-state index is -3.89. The summed E-state index contributed by atoms with van der Waals surface area (Å²) in [6.45, 7) is 7.17. The van der Waals surface area contributed by atoms with Gasteiger partial charge in [0.05, 0.1) is 16.1 Å². The first-order valence-electron chi connectivity index (χ1n) is 11.1. The van der Waals surface area contributed by atoms with Crippen molar-refractivity contribution >= 4 is 27.5 Å². The highest BCUT2D eigenvalue weighted by Crippen LogP contribution is 2.36. The van der Waals surface area contributed by atoms with Crippen LogP contribution in [0.2, 0.25) is 0 Å². The zero-order valence-electron chi connectivity index (χ0n) is 19.7. The number of Topliss-reactive ketones (excluding diaryl/α,β-unsaturated/α-hetero) is 1. The number of hydrogen-bond acceptors (Lipinski definition) is 5. The van der Waals surface area contributed by atoms with Gasteiger partial charge in [-0.25, -0.2) is 13.2 Å². The summed E-state index contributed by atoms with van der Waals surface area (Å²) in [5.41, 5.74) is 5.08. The molecule has 176 valence electrons. The number of sulfonamides is 1. The molecular weight excluding hydrogens is 450 g/mol. The van der Waals surface area contributed by atoms with Crippen LogP contribution in [0.1, 0.15) is 49.9 Å². The molecule has 4 rings (SSSR count). The molecule has 1 heterocycles. The quantitative estimate of drug-likeness (QED) is 0.377. The van der Waals surface area contributed by atoms with Crippen molar-refractivity contribution in [2.75, 3.05) is 10.9 Å². The monoisotopic (exact) mass is 477 g/mol. The third-order valence-electron chi connectivity index (χ3n) is 6.25. The maximum Gasteiger partial charge on any atom is 0.338 e. The van der Waals surface area contributed by atoms with Crippen LogP contribution in [0.25, 0.3) is 0 Å². The molecule has 0 amide bonds. The molecule has 0 bridgehead atoms. The van der Waals surface area contributed by atoms with Crippen LogP contribution in [-0.4, -0.2) is 32.8 Å². The van der Waals surface area contributed by atoms with Gasteiger partial charge < -0.3 is 4.74 Å². The lowest BCUT2D eigenvalue weighted by atomic mass is 9.98. The lowest BCUT2D eigenvalue weighted by Gasteiger charge is -2.24. The Labute approximate surface area is 200 Å². The largest absolute Gasteiger partial charge is 0.454 e. The number of carbonyl (C=O) groups excluding carboxylic acids is 2. The Kier molecular flexibility index (Phi) is 6.32. The van der Waals surface area contributed by atoms with Crippen LogP contribution in [0.5, 0.6) is 0 Å². The summed E-state index contributed by atoms with van der Waals surface area (Å²) < 4.78 is 33.5. The number of fused-ring (bicyclic) bond motifs is 1. The topological polar surface area (TPSA) is 80.8 Å². The first kappa shape index (κ1) is 23.7. The van der Waals surface area contributed by atoms with E-state index in [2.05, 4.69) is 0 Å². The molecular formula is C27H27NO5S. The van der Waals surface area contributed by atoms with Crippen LogP contribution in [-0.2, 0) is 21.2 Å². The van der Waals surface area contributed by atoms with Crippen molar-refractivity contribution in [3.63, 3.8) is 0 Å². The average Bonchev–Trinajstić information content (AvgIpc) is 3.16. The van der Waals surface area contributed by atoms with E-state index in [-0.39, 0.29) is 22.3 Å². The van der Waals surface area contributed by atoms with Crippen molar-refractivity contribution in [3.8, 4) is 0 Å². The Balaban J connectivity index is 1.53. The van der Waals surface area contributed by atoms with Crippen LogP contribution in [0, 0.1) is 20.8 Å². The summed E-state index contributed by atoms with van der Waals surface area (Å²) in [6.07, 6.45) is 0.622. The third kappa shape index (κ3) is 4.35. The van der Waals surface area contributed by atoms with E-state index in [4.69, 9.17) is 4.74 Å². The zero-order chi connectivity index (χ0) is 24.6. The number of anilines is 1. The van der Waals surface area contributed by atoms with Gasteiger partial charge in [0, 0.05) is 11.6 Å². The number of hydrogen-bond donors (Lipinski definition) is 0. The fraction of sp³-hybridized carbons (Fsp3) is 0.259. The summed E-state index contributed by atoms with van der Waals surface area (Å²) in [7, 11) is -3.89. The van der Waals surface area contributed by atoms with Gasteiger partial charge >= 0.3 is 5.97 Å². The highest BCUT2D eigenvalue weighted by Gasteiger charge is 2.36. The van der Waals surface area contributed by atoms with Gasteiger partial charge in [-0.05, 0) is 86.7 Å². The molecule has 3 aromatic rings. The van der Waals surface area contributed by atoms with Gasteiger partial charge in [0.15, 0.2) is 6.61 Å². The normalized spacial score (nSPS) is 15.2. The SMILES string of the molecule is Cc1cc(C)c(C(=O)COC(=O)c2cccc(S(=O)(=O)N3c4ccccc4C[C@H]3C)c2)cc1C. The summed E-state index contributed by atoms with van der Waals surface area (Å²) >= 11 is 0. The van der Waals surface area contributed by atoms with E-state index in [0.717, 1.165) is 22.3 Å². The molecule has 0 aromatic heterocycles. The Morgan fingerprint density at radius 3 is 2.41 bits per heavy atom. The van der Waals surface area contributed by atoms with E-state index in [9.17, 15) is 18.0 Å². The van der Waals surface area contributed by atoms with Crippen LogP contribution in [0.3, 0.4) is 0 Å². The number of aryl methyl sites for hydroxylation is 3. The van der Waals surface area contributed by atoms with Crippen molar-refractivity contribution in [1.29, 1.82) is 0 Å². The van der Waals surface area contributed by atoms with Crippen molar-refractivity contribution in [3.05, 3.63) is 94.0 Å².